The van der Waals surface area contributed by atoms with Gasteiger partial charge in [0.15, 0.2) is 11.5 Å². The van der Waals surface area contributed by atoms with Crippen LogP contribution in [0.15, 0.2) is 36.7 Å². The maximum absolute atomic E-state index is 12.5. The van der Waals surface area contributed by atoms with Crippen LogP contribution in [-0.2, 0) is 16.9 Å². The average Bonchev–Trinajstić information content (AvgIpc) is 3.27. The number of nitrogens with zero attached hydrogens (tertiary/aromatic N) is 2. The standard InChI is InChI=1S/C18H21N3O3/c22-17(13-21-9-3-8-19-21)20-18(6-1-2-7-18)14-4-5-15-16(12-14)24-11-10-23-15/h3-5,8-9,12H,1-2,6-7,10-11,13H2,(H,20,22). The van der Waals surface area contributed by atoms with Gasteiger partial charge in [-0.15, -0.1) is 0 Å². The van der Waals surface area contributed by atoms with Gasteiger partial charge in [-0.05, 0) is 36.6 Å². The van der Waals surface area contributed by atoms with Gasteiger partial charge in [0.1, 0.15) is 19.8 Å². The molecular weight excluding hydrogens is 306 g/mol. The lowest BCUT2D eigenvalue weighted by Gasteiger charge is -2.32. The summed E-state index contributed by atoms with van der Waals surface area (Å²) in [5.41, 5.74) is 0.776. The second-order valence-electron chi connectivity index (χ2n) is 6.40. The molecule has 1 saturated carbocycles. The molecule has 0 saturated heterocycles. The minimum absolute atomic E-state index is 0.0181. The topological polar surface area (TPSA) is 65.4 Å². The second kappa shape index (κ2) is 6.19. The summed E-state index contributed by atoms with van der Waals surface area (Å²) in [6.45, 7) is 1.38. The quantitative estimate of drug-likeness (QED) is 0.935. The van der Waals surface area contributed by atoms with Crippen molar-refractivity contribution in [3.63, 3.8) is 0 Å². The van der Waals surface area contributed by atoms with Gasteiger partial charge in [0, 0.05) is 12.4 Å². The largest absolute Gasteiger partial charge is 0.486 e. The molecule has 2 aliphatic rings. The lowest BCUT2D eigenvalue weighted by Crippen LogP contribution is -2.45. The molecule has 0 spiro atoms. The van der Waals surface area contributed by atoms with Gasteiger partial charge in [-0.3, -0.25) is 9.48 Å². The highest BCUT2D eigenvalue weighted by Crippen LogP contribution is 2.42. The number of ether oxygens (including phenoxy) is 2. The Labute approximate surface area is 140 Å². The number of aromatic nitrogens is 2. The van der Waals surface area contributed by atoms with Crippen LogP contribution in [0.3, 0.4) is 0 Å². The van der Waals surface area contributed by atoms with Crippen molar-refractivity contribution in [2.45, 2.75) is 37.8 Å². The summed E-state index contributed by atoms with van der Waals surface area (Å²) in [7, 11) is 0. The Balaban J connectivity index is 1.57. The Hall–Kier alpha value is -2.50. The van der Waals surface area contributed by atoms with Crippen LogP contribution in [0.1, 0.15) is 31.2 Å². The van der Waals surface area contributed by atoms with E-state index in [1.807, 2.05) is 24.3 Å². The van der Waals surface area contributed by atoms with E-state index in [4.69, 9.17) is 9.47 Å². The summed E-state index contributed by atoms with van der Waals surface area (Å²) >= 11 is 0. The van der Waals surface area contributed by atoms with Crippen LogP contribution in [0.25, 0.3) is 0 Å². The van der Waals surface area contributed by atoms with Crippen molar-refractivity contribution in [2.24, 2.45) is 0 Å². The van der Waals surface area contributed by atoms with Crippen LogP contribution in [0.4, 0.5) is 0 Å². The third kappa shape index (κ3) is 2.84. The van der Waals surface area contributed by atoms with Crippen LogP contribution >= 0.6 is 0 Å². The zero-order valence-corrected chi connectivity index (χ0v) is 13.5. The van der Waals surface area contributed by atoms with E-state index in [0.29, 0.717) is 13.2 Å². The zero-order chi connectivity index (χ0) is 16.4. The van der Waals surface area contributed by atoms with Crippen molar-refractivity contribution in [3.8, 4) is 11.5 Å². The minimum Gasteiger partial charge on any atom is -0.486 e. The molecule has 0 radical (unpaired) electrons. The molecule has 1 fully saturated rings. The van der Waals surface area contributed by atoms with Crippen LogP contribution in [-0.4, -0.2) is 28.9 Å². The molecule has 0 unspecified atom stereocenters. The van der Waals surface area contributed by atoms with Crippen molar-refractivity contribution in [2.75, 3.05) is 13.2 Å². The number of hydrogen-bond donors (Lipinski definition) is 1. The van der Waals surface area contributed by atoms with E-state index in [-0.39, 0.29) is 18.0 Å². The number of hydrogen-bond acceptors (Lipinski definition) is 4. The first-order chi connectivity index (χ1) is 11.8. The Bertz CT molecular complexity index is 721. The van der Waals surface area contributed by atoms with E-state index in [1.54, 1.807) is 17.1 Å². The SMILES string of the molecule is O=C(Cn1cccn1)NC1(c2ccc3c(c2)OCCO3)CCCC1. The zero-order valence-electron chi connectivity index (χ0n) is 13.5. The lowest BCUT2D eigenvalue weighted by atomic mass is 9.87. The first kappa shape index (κ1) is 15.1. The average molecular weight is 327 g/mol. The number of carbonyl (C=O) groups is 1. The number of rotatable bonds is 4. The fourth-order valence-corrected chi connectivity index (χ4v) is 3.65. The summed E-state index contributed by atoms with van der Waals surface area (Å²) in [5, 5.41) is 7.36. The molecule has 2 aromatic rings. The maximum atomic E-state index is 12.5. The number of carbonyl (C=O) groups excluding carboxylic acids is 1. The molecule has 126 valence electrons. The molecule has 24 heavy (non-hydrogen) atoms. The predicted octanol–water partition coefficient (Wildman–Crippen LogP) is 2.24. The molecule has 1 aliphatic carbocycles. The molecule has 0 atom stereocenters. The normalized spacial score (nSPS) is 18.3. The molecule has 6 heteroatoms. The highest BCUT2D eigenvalue weighted by Gasteiger charge is 2.37. The fourth-order valence-electron chi connectivity index (χ4n) is 3.65. The molecule has 4 rings (SSSR count). The van der Waals surface area contributed by atoms with Gasteiger partial charge < -0.3 is 14.8 Å². The van der Waals surface area contributed by atoms with Crippen LogP contribution in [0.5, 0.6) is 11.5 Å². The van der Waals surface area contributed by atoms with Crippen molar-refractivity contribution in [3.05, 3.63) is 42.2 Å². The fraction of sp³-hybridized carbons (Fsp3) is 0.444. The molecule has 1 amide bonds. The summed E-state index contributed by atoms with van der Waals surface area (Å²) in [6.07, 6.45) is 7.58. The first-order valence-electron chi connectivity index (χ1n) is 8.44. The van der Waals surface area contributed by atoms with E-state index in [1.165, 1.54) is 0 Å². The third-order valence-electron chi connectivity index (χ3n) is 4.80. The van der Waals surface area contributed by atoms with E-state index >= 15 is 0 Å². The third-order valence-corrected chi connectivity index (χ3v) is 4.80. The Morgan fingerprint density at radius 2 is 2.00 bits per heavy atom. The van der Waals surface area contributed by atoms with Gasteiger partial charge >= 0.3 is 0 Å². The number of benzene rings is 1. The van der Waals surface area contributed by atoms with Crippen LogP contribution in [0, 0.1) is 0 Å². The van der Waals surface area contributed by atoms with Gasteiger partial charge in [0.25, 0.3) is 0 Å². The molecule has 1 N–H and O–H groups in total. The van der Waals surface area contributed by atoms with Gasteiger partial charge in [0.2, 0.25) is 5.91 Å². The molecule has 1 aromatic carbocycles. The maximum Gasteiger partial charge on any atom is 0.242 e. The van der Waals surface area contributed by atoms with E-state index in [2.05, 4.69) is 10.4 Å². The molecule has 1 aromatic heterocycles. The monoisotopic (exact) mass is 327 g/mol. The number of nitrogens with one attached hydrogen (secondary N) is 1. The number of fused-ring (bicyclic) bond motifs is 1. The highest BCUT2D eigenvalue weighted by atomic mass is 16.6. The summed E-state index contributed by atoms with van der Waals surface area (Å²) in [6, 6.07) is 7.84. The van der Waals surface area contributed by atoms with E-state index in [9.17, 15) is 4.79 Å². The Morgan fingerprint density at radius 1 is 1.21 bits per heavy atom. The van der Waals surface area contributed by atoms with Crippen molar-refractivity contribution < 1.29 is 14.3 Å². The smallest absolute Gasteiger partial charge is 0.242 e. The Kier molecular flexibility index (Phi) is 3.88. The van der Waals surface area contributed by atoms with Crippen LogP contribution in [0.2, 0.25) is 0 Å². The molecule has 0 bridgehead atoms. The van der Waals surface area contributed by atoms with Crippen molar-refractivity contribution in [1.82, 2.24) is 15.1 Å². The Morgan fingerprint density at radius 3 is 2.75 bits per heavy atom. The van der Waals surface area contributed by atoms with Gasteiger partial charge in [-0.25, -0.2) is 0 Å². The van der Waals surface area contributed by atoms with Crippen molar-refractivity contribution >= 4 is 5.91 Å². The van der Waals surface area contributed by atoms with Gasteiger partial charge in [-0.2, -0.15) is 5.10 Å². The van der Waals surface area contributed by atoms with E-state index < -0.39 is 0 Å². The minimum atomic E-state index is -0.319. The lowest BCUT2D eigenvalue weighted by molar-refractivity contribution is -0.123. The van der Waals surface area contributed by atoms with E-state index in [0.717, 1.165) is 42.7 Å². The van der Waals surface area contributed by atoms with Crippen LogP contribution < -0.4 is 14.8 Å². The molecule has 1 aliphatic heterocycles. The second-order valence-corrected chi connectivity index (χ2v) is 6.40. The van der Waals surface area contributed by atoms with Crippen molar-refractivity contribution in [1.29, 1.82) is 0 Å². The first-order valence-corrected chi connectivity index (χ1v) is 8.44. The van der Waals surface area contributed by atoms with Gasteiger partial charge in [0.05, 0.1) is 5.54 Å². The molecular formula is C18H21N3O3. The summed E-state index contributed by atoms with van der Waals surface area (Å²) in [5.74, 6) is 1.53. The molecule has 6 nitrogen and oxygen atoms in total. The molecule has 2 heterocycles. The highest BCUT2D eigenvalue weighted by molar-refractivity contribution is 5.77. The summed E-state index contributed by atoms with van der Waals surface area (Å²) in [4.78, 5) is 12.5. The predicted molar refractivity (Wildman–Crippen MR) is 87.9 cm³/mol. The summed E-state index contributed by atoms with van der Waals surface area (Å²) < 4.78 is 12.9. The number of amides is 1. The van der Waals surface area contributed by atoms with Gasteiger partial charge in [-0.1, -0.05) is 18.9 Å².